The summed E-state index contributed by atoms with van der Waals surface area (Å²) in [5.41, 5.74) is -0.477. The number of carbonyl (C=O) groups excluding carboxylic acids is 2. The fraction of sp³-hybridized carbons (Fsp3) is 0.0500. The van der Waals surface area contributed by atoms with Gasteiger partial charge in [0.05, 0.1) is 11.1 Å². The highest BCUT2D eigenvalue weighted by molar-refractivity contribution is 5.92. The maximum Gasteiger partial charge on any atom is 0.338 e. The van der Waals surface area contributed by atoms with Crippen molar-refractivity contribution in [2.45, 2.75) is 0 Å². The maximum absolute atomic E-state index is 11.7. The van der Waals surface area contributed by atoms with Crippen LogP contribution in [0.1, 0.15) is 20.7 Å². The van der Waals surface area contributed by atoms with Gasteiger partial charge in [-0.15, -0.1) is 158 Å². The van der Waals surface area contributed by atoms with Crippen molar-refractivity contribution >= 4 is 11.9 Å². The Bertz CT molecular complexity index is 894. The van der Waals surface area contributed by atoms with Gasteiger partial charge in [-0.2, -0.15) is 0 Å². The Hall–Kier alpha value is -6.94. The predicted molar refractivity (Wildman–Crippen MR) is 218 cm³/mol. The van der Waals surface area contributed by atoms with Crippen LogP contribution < -0.4 is 0 Å². The predicted octanol–water partition coefficient (Wildman–Crippen LogP) is 10.6. The second-order valence-electron chi connectivity index (χ2n) is 5.00. The molecule has 10 nitrogen and oxygen atoms in total. The molecule has 0 atom stereocenters. The van der Waals surface area contributed by atoms with Crippen LogP contribution in [0.3, 0.4) is 0 Å². The molecule has 0 aliphatic carbocycles. The SMILES string of the molecule is C=C.C=C.C=C.C=C.C=C.C=C.C=C.C=C.C=C.C=C.C=C.C=C.O=C(OCCOC(=O)c1cc(O)c(O)c(O)c1)c1cc(O)c(O)c(O)c1. The van der Waals surface area contributed by atoms with Crippen LogP contribution >= 0.6 is 0 Å². The number of rotatable bonds is 5. The van der Waals surface area contributed by atoms with E-state index in [-0.39, 0.29) is 24.3 Å². The highest BCUT2D eigenvalue weighted by Crippen LogP contribution is 2.36. The van der Waals surface area contributed by atoms with E-state index < -0.39 is 46.4 Å². The van der Waals surface area contributed by atoms with Crippen LogP contribution in [0.2, 0.25) is 0 Å². The standard InChI is InChI=1S/C16H14O10.12C2H4/c17-9-3-7(4-10(18)13(9)21)15(23)25-1-2-26-16(24)8-5-11(19)14(22)12(20)6-8;12*1-2/h3-6,17-22H,1-2H2;12*1-2H2. The highest BCUT2D eigenvalue weighted by atomic mass is 16.6. The van der Waals surface area contributed by atoms with Gasteiger partial charge in [-0.25, -0.2) is 9.59 Å². The van der Waals surface area contributed by atoms with Gasteiger partial charge in [-0.3, -0.25) is 0 Å². The molecule has 0 saturated carbocycles. The average molecular weight is 703 g/mol. The van der Waals surface area contributed by atoms with Crippen molar-refractivity contribution in [2.24, 2.45) is 0 Å². The van der Waals surface area contributed by atoms with Gasteiger partial charge in [0, 0.05) is 0 Å². The van der Waals surface area contributed by atoms with Gasteiger partial charge >= 0.3 is 11.9 Å². The quantitative estimate of drug-likeness (QED) is 0.0761. The van der Waals surface area contributed by atoms with E-state index in [1.807, 2.05) is 0 Å². The van der Waals surface area contributed by atoms with E-state index in [9.17, 15) is 40.2 Å². The first kappa shape index (κ1) is 74.1. The molecule has 2 aromatic carbocycles. The largest absolute Gasteiger partial charge is 0.504 e. The van der Waals surface area contributed by atoms with Crippen molar-refractivity contribution < 1.29 is 49.7 Å². The Balaban J connectivity index is -0.0000000596. The summed E-state index contributed by atoms with van der Waals surface area (Å²) in [6, 6.07) is 3.52. The number of phenolic OH excluding ortho intramolecular Hbond substituents is 6. The Morgan fingerprint density at radius 2 is 0.500 bits per heavy atom. The monoisotopic (exact) mass is 702 g/mol. The molecule has 0 aromatic heterocycles. The molecule has 10 heteroatoms. The molecule has 0 amide bonds. The summed E-state index contributed by atoms with van der Waals surface area (Å²) in [6.07, 6.45) is 0. The number of carbonyl (C=O) groups is 2. The zero-order chi connectivity index (χ0) is 43.4. The summed E-state index contributed by atoms with van der Waals surface area (Å²) < 4.78 is 9.54. The summed E-state index contributed by atoms with van der Waals surface area (Å²) in [7, 11) is 0. The van der Waals surface area contributed by atoms with Crippen LogP contribution in [0.25, 0.3) is 0 Å². The second kappa shape index (κ2) is 73.5. The topological polar surface area (TPSA) is 174 Å². The molecule has 0 saturated heterocycles. The Kier molecular flexibility index (Phi) is 109. The minimum Gasteiger partial charge on any atom is -0.504 e. The van der Waals surface area contributed by atoms with E-state index in [2.05, 4.69) is 158 Å². The van der Waals surface area contributed by atoms with E-state index in [1.54, 1.807) is 0 Å². The van der Waals surface area contributed by atoms with Crippen molar-refractivity contribution in [3.63, 3.8) is 0 Å². The molecule has 2 aromatic rings. The highest BCUT2D eigenvalue weighted by Gasteiger charge is 2.16. The third-order valence-electron chi connectivity index (χ3n) is 3.16. The van der Waals surface area contributed by atoms with E-state index in [4.69, 9.17) is 9.47 Å². The number of phenols is 6. The molecule has 0 aliphatic rings. The van der Waals surface area contributed by atoms with Gasteiger partial charge in [0.25, 0.3) is 0 Å². The average Bonchev–Trinajstić information content (AvgIpc) is 3.23. The van der Waals surface area contributed by atoms with Gasteiger partial charge in [0.15, 0.2) is 34.5 Å². The lowest BCUT2D eigenvalue weighted by Gasteiger charge is -2.09. The number of benzene rings is 2. The van der Waals surface area contributed by atoms with Crippen LogP contribution in [-0.2, 0) is 9.47 Å². The molecule has 6 N–H and O–H groups in total. The summed E-state index contributed by atoms with van der Waals surface area (Å²) >= 11 is 0. The van der Waals surface area contributed by atoms with E-state index in [0.717, 1.165) is 24.3 Å². The van der Waals surface area contributed by atoms with Crippen LogP contribution in [0.15, 0.2) is 182 Å². The minimum atomic E-state index is -0.952. The van der Waals surface area contributed by atoms with Crippen molar-refractivity contribution in [1.82, 2.24) is 0 Å². The molecule has 0 spiro atoms. The lowest BCUT2D eigenvalue weighted by molar-refractivity contribution is 0.0265. The molecular formula is C40H62O10. The smallest absolute Gasteiger partial charge is 0.338 e. The molecule has 0 aliphatic heterocycles. The number of hydrogen-bond acceptors (Lipinski definition) is 10. The zero-order valence-electron chi connectivity index (χ0n) is 30.0. The van der Waals surface area contributed by atoms with Gasteiger partial charge < -0.3 is 40.1 Å². The Labute approximate surface area is 302 Å². The summed E-state index contributed by atoms with van der Waals surface area (Å²) in [6.45, 7) is 71.3. The molecule has 50 heavy (non-hydrogen) atoms. The lowest BCUT2D eigenvalue weighted by atomic mass is 10.2. The molecule has 2 rings (SSSR count). The summed E-state index contributed by atoms with van der Waals surface area (Å²) in [5, 5.41) is 55.7. The third-order valence-corrected chi connectivity index (χ3v) is 3.16. The van der Waals surface area contributed by atoms with Crippen LogP contribution in [0.4, 0.5) is 0 Å². The fourth-order valence-corrected chi connectivity index (χ4v) is 1.88. The van der Waals surface area contributed by atoms with Crippen LogP contribution in [0.5, 0.6) is 34.5 Å². The van der Waals surface area contributed by atoms with Gasteiger partial charge in [0.2, 0.25) is 0 Å². The minimum absolute atomic E-state index is 0.238. The summed E-state index contributed by atoms with van der Waals surface area (Å²) in [4.78, 5) is 23.5. The van der Waals surface area contributed by atoms with E-state index in [0.29, 0.717) is 0 Å². The van der Waals surface area contributed by atoms with Crippen molar-refractivity contribution in [2.75, 3.05) is 13.2 Å². The zero-order valence-corrected chi connectivity index (χ0v) is 30.0. The molecule has 282 valence electrons. The third kappa shape index (κ3) is 41.1. The maximum atomic E-state index is 11.7. The van der Waals surface area contributed by atoms with Gasteiger partial charge in [-0.05, 0) is 24.3 Å². The van der Waals surface area contributed by atoms with Crippen molar-refractivity contribution in [3.8, 4) is 34.5 Å². The van der Waals surface area contributed by atoms with Crippen LogP contribution in [0, 0.1) is 0 Å². The summed E-state index contributed by atoms with van der Waals surface area (Å²) in [5.74, 6) is -6.32. The molecule has 0 unspecified atom stereocenters. The fourth-order valence-electron chi connectivity index (χ4n) is 1.88. The Morgan fingerprint density at radius 3 is 0.640 bits per heavy atom. The van der Waals surface area contributed by atoms with E-state index in [1.165, 1.54) is 0 Å². The number of aromatic hydroxyl groups is 6. The van der Waals surface area contributed by atoms with Crippen LogP contribution in [-0.4, -0.2) is 55.8 Å². The van der Waals surface area contributed by atoms with Crippen molar-refractivity contribution in [1.29, 1.82) is 0 Å². The molecule has 0 radical (unpaired) electrons. The number of hydrogen-bond donors (Lipinski definition) is 6. The van der Waals surface area contributed by atoms with Gasteiger partial charge in [0.1, 0.15) is 13.2 Å². The lowest BCUT2D eigenvalue weighted by Crippen LogP contribution is -2.14. The first-order valence-corrected chi connectivity index (χ1v) is 13.0. The first-order valence-electron chi connectivity index (χ1n) is 13.0. The molecule has 0 bridgehead atoms. The number of ether oxygens (including phenoxy) is 2. The molecule has 0 fully saturated rings. The number of esters is 2. The molecular weight excluding hydrogens is 640 g/mol. The molecule has 0 heterocycles. The second-order valence-corrected chi connectivity index (χ2v) is 5.00. The van der Waals surface area contributed by atoms with Crippen molar-refractivity contribution in [3.05, 3.63) is 193 Å². The van der Waals surface area contributed by atoms with Gasteiger partial charge in [-0.1, -0.05) is 0 Å². The Morgan fingerprint density at radius 1 is 0.360 bits per heavy atom. The first-order chi connectivity index (χ1) is 24.2. The normalized spacial score (nSPS) is 6.32. The van der Waals surface area contributed by atoms with E-state index >= 15 is 0 Å².